The summed E-state index contributed by atoms with van der Waals surface area (Å²) < 4.78 is 106. The van der Waals surface area contributed by atoms with Crippen LogP contribution < -0.4 is 10.4 Å². The van der Waals surface area contributed by atoms with Gasteiger partial charge in [-0.2, -0.15) is 4.31 Å². The van der Waals surface area contributed by atoms with Crippen molar-refractivity contribution in [3.8, 4) is 0 Å². The zero-order valence-corrected chi connectivity index (χ0v) is 27.7. The number of hydrazine groups is 1. The fourth-order valence-corrected chi connectivity index (χ4v) is 9.59. The normalized spacial score (nSPS) is 26.3. The fraction of sp³-hybridized carbons (Fsp3) is 0.455. The summed E-state index contributed by atoms with van der Waals surface area (Å²) in [6.45, 7) is 1.37. The number of aryl methyl sites for hydroxylation is 1. The van der Waals surface area contributed by atoms with Gasteiger partial charge >= 0.3 is 0 Å². The van der Waals surface area contributed by atoms with Gasteiger partial charge in [0.1, 0.15) is 17.8 Å². The Morgan fingerprint density at radius 3 is 2.37 bits per heavy atom. The second kappa shape index (κ2) is 11.5. The van der Waals surface area contributed by atoms with Crippen LogP contribution in [0.1, 0.15) is 61.5 Å². The number of pyridine rings is 1. The average Bonchev–Trinajstić information content (AvgIpc) is 3.51. The minimum atomic E-state index is -4.52. The summed E-state index contributed by atoms with van der Waals surface area (Å²) in [6.07, 6.45) is 2.55. The van der Waals surface area contributed by atoms with Crippen molar-refractivity contribution in [3.05, 3.63) is 88.9 Å². The number of allylic oxidation sites excluding steroid dienone is 3. The summed E-state index contributed by atoms with van der Waals surface area (Å²) >= 11 is 0. The first-order chi connectivity index (χ1) is 23.1. The molecule has 260 valence electrons. The molecule has 1 aromatic carbocycles. The third-order valence-corrected chi connectivity index (χ3v) is 12.2. The average molecular weight is 704 g/mol. The quantitative estimate of drug-likeness (QED) is 0.253. The molecule has 2 heterocycles. The Bertz CT molecular complexity index is 1990. The zero-order chi connectivity index (χ0) is 35.1. The van der Waals surface area contributed by atoms with Crippen LogP contribution in [0.25, 0.3) is 0 Å². The van der Waals surface area contributed by atoms with E-state index in [1.165, 1.54) is 55.3 Å². The summed E-state index contributed by atoms with van der Waals surface area (Å²) in [5.74, 6) is -9.03. The molecule has 4 aliphatic carbocycles. The molecule has 1 unspecified atom stereocenters. The molecule has 3 aromatic rings. The van der Waals surface area contributed by atoms with Crippen LogP contribution in [0.2, 0.25) is 0 Å². The Morgan fingerprint density at radius 1 is 1.02 bits per heavy atom. The molecule has 16 heteroatoms. The van der Waals surface area contributed by atoms with Gasteiger partial charge in [0.15, 0.2) is 5.78 Å². The van der Waals surface area contributed by atoms with Crippen LogP contribution in [0.3, 0.4) is 0 Å². The summed E-state index contributed by atoms with van der Waals surface area (Å²) in [6, 6.07) is 5.69. The molecular formula is C33H34F5N7O3S. The van der Waals surface area contributed by atoms with E-state index in [0.717, 1.165) is 16.6 Å². The maximum absolute atomic E-state index is 16.4. The molecular weight excluding hydrogens is 669 g/mol. The van der Waals surface area contributed by atoms with Crippen LogP contribution in [-0.2, 0) is 23.0 Å². The summed E-state index contributed by atoms with van der Waals surface area (Å²) in [4.78, 5) is 22.9. The molecule has 4 bridgehead atoms. The molecule has 1 N–H and O–H groups in total. The van der Waals surface area contributed by atoms with Gasteiger partial charge in [0.25, 0.3) is 27.0 Å². The maximum Gasteiger partial charge on any atom is 0.282 e. The highest BCUT2D eigenvalue weighted by Gasteiger charge is 2.59. The van der Waals surface area contributed by atoms with Gasteiger partial charge in [-0.15, -0.1) is 5.10 Å². The molecule has 4 aliphatic rings. The largest absolute Gasteiger partial charge is 0.291 e. The number of benzene rings is 1. The van der Waals surface area contributed by atoms with Crippen molar-refractivity contribution in [1.82, 2.24) is 29.5 Å². The number of halogens is 5. The monoisotopic (exact) mass is 703 g/mol. The number of nitrogens with one attached hydrogen (secondary N) is 1. The van der Waals surface area contributed by atoms with E-state index in [9.17, 15) is 26.4 Å². The molecule has 10 nitrogen and oxygen atoms in total. The molecule has 2 saturated carbocycles. The van der Waals surface area contributed by atoms with E-state index in [2.05, 4.69) is 20.5 Å². The van der Waals surface area contributed by atoms with E-state index in [0.29, 0.717) is 17.0 Å². The molecule has 0 amide bonds. The van der Waals surface area contributed by atoms with Crippen LogP contribution in [0, 0.1) is 17.2 Å². The lowest BCUT2D eigenvalue weighted by Gasteiger charge is -2.51. The van der Waals surface area contributed by atoms with Gasteiger partial charge in [-0.3, -0.25) is 19.5 Å². The SMILES string of the molecule is CNN(C1=C2C[C@@]3(C[C@@H](N(C4CC(F)(F)C4)S(=O)(=O)c4ncn(C)n4)CCC3=C1)C(=O)c1cc(ccn1)C(F)(F)C2C)c1ccc(F)cc1. The summed E-state index contributed by atoms with van der Waals surface area (Å²) in [7, 11) is -1.45. The molecule has 49 heavy (non-hydrogen) atoms. The highest BCUT2D eigenvalue weighted by atomic mass is 32.2. The van der Waals surface area contributed by atoms with Gasteiger partial charge < -0.3 is 0 Å². The molecule has 1 spiro atoms. The highest BCUT2D eigenvalue weighted by Crippen LogP contribution is 2.58. The predicted octanol–water partition coefficient (Wildman–Crippen LogP) is 5.53. The first-order valence-corrected chi connectivity index (χ1v) is 17.3. The minimum absolute atomic E-state index is 0.156. The lowest BCUT2D eigenvalue weighted by atomic mass is 9.59. The van der Waals surface area contributed by atoms with Gasteiger partial charge in [0.2, 0.25) is 0 Å². The van der Waals surface area contributed by atoms with Gasteiger partial charge in [0.05, 0.1) is 16.8 Å². The Kier molecular flexibility index (Phi) is 7.87. The molecule has 3 atom stereocenters. The lowest BCUT2D eigenvalue weighted by Crippen LogP contribution is -2.59. The van der Waals surface area contributed by atoms with E-state index in [1.807, 2.05) is 0 Å². The number of nitrogens with zero attached hydrogens (tertiary/aromatic N) is 6. The third kappa shape index (κ3) is 5.38. The molecule has 7 rings (SSSR count). The summed E-state index contributed by atoms with van der Waals surface area (Å²) in [5.41, 5.74) is 2.49. The number of Topliss-reactive ketones (excluding diaryl/α,β-unsaturated/α-hetero) is 1. The number of aromatic nitrogens is 4. The van der Waals surface area contributed by atoms with E-state index < -0.39 is 80.4 Å². The van der Waals surface area contributed by atoms with Crippen molar-refractivity contribution in [2.24, 2.45) is 18.4 Å². The zero-order valence-electron chi connectivity index (χ0n) is 26.9. The smallest absolute Gasteiger partial charge is 0.282 e. The third-order valence-electron chi connectivity index (χ3n) is 10.4. The van der Waals surface area contributed by atoms with Crippen LogP contribution in [0.4, 0.5) is 27.6 Å². The lowest BCUT2D eigenvalue weighted by molar-refractivity contribution is -0.116. The molecule has 0 saturated heterocycles. The number of hydrogen-bond acceptors (Lipinski definition) is 8. The first-order valence-electron chi connectivity index (χ1n) is 15.9. The van der Waals surface area contributed by atoms with E-state index in [-0.39, 0.29) is 37.0 Å². The Labute approximate surface area is 279 Å². The predicted molar refractivity (Wildman–Crippen MR) is 167 cm³/mol. The minimum Gasteiger partial charge on any atom is -0.291 e. The van der Waals surface area contributed by atoms with Gasteiger partial charge in [-0.05, 0) is 73.7 Å². The number of anilines is 1. The Hall–Kier alpha value is -4.02. The molecule has 2 fully saturated rings. The van der Waals surface area contributed by atoms with E-state index in [4.69, 9.17) is 0 Å². The standard InChI is InChI=1S/C33H34F5N7O3S/c1-19-26-17-31(29(46)27-12-21(10-11-40-27)33(19,37)38)14-24(7-4-20(31)13-28(26)44(39-2)23-8-5-22(34)6-9-23)45(25-15-32(35,36)16-25)49(47,48)30-41-18-43(3)42-30/h5-6,8-13,18-19,24-25,39H,4,7,14-17H2,1-3H3/t19?,24-,31+/m0/s1. The fourth-order valence-electron chi connectivity index (χ4n) is 7.87. The Balaban J connectivity index is 1.40. The van der Waals surface area contributed by atoms with Crippen molar-refractivity contribution in [1.29, 1.82) is 0 Å². The number of rotatable bonds is 7. The van der Waals surface area contributed by atoms with Gasteiger partial charge in [-0.25, -0.2) is 40.8 Å². The van der Waals surface area contributed by atoms with Crippen molar-refractivity contribution in [3.63, 3.8) is 0 Å². The van der Waals surface area contributed by atoms with Crippen molar-refractivity contribution >= 4 is 21.5 Å². The number of carbonyl (C=O) groups is 1. The maximum atomic E-state index is 16.4. The number of sulfonamides is 1. The number of carbonyl (C=O) groups excluding carboxylic acids is 1. The molecule has 0 radical (unpaired) electrons. The second-order valence-corrected chi connectivity index (χ2v) is 15.1. The highest BCUT2D eigenvalue weighted by molar-refractivity contribution is 7.89. The van der Waals surface area contributed by atoms with Crippen LogP contribution in [0.5, 0.6) is 0 Å². The van der Waals surface area contributed by atoms with Crippen LogP contribution in [-0.4, -0.2) is 63.3 Å². The Morgan fingerprint density at radius 2 is 1.73 bits per heavy atom. The van der Waals surface area contributed by atoms with Crippen LogP contribution >= 0.6 is 0 Å². The number of hydrogen-bond donors (Lipinski definition) is 1. The van der Waals surface area contributed by atoms with Gasteiger partial charge in [0, 0.05) is 56.7 Å². The summed E-state index contributed by atoms with van der Waals surface area (Å²) in [5, 5.41) is 4.96. The van der Waals surface area contributed by atoms with E-state index in [1.54, 1.807) is 18.1 Å². The van der Waals surface area contributed by atoms with Crippen molar-refractivity contribution in [2.45, 2.75) is 74.5 Å². The first kappa shape index (κ1) is 33.5. The van der Waals surface area contributed by atoms with Crippen molar-refractivity contribution in [2.75, 3.05) is 12.1 Å². The molecule has 0 aliphatic heterocycles. The number of alkyl halides is 4. The second-order valence-electron chi connectivity index (χ2n) is 13.3. The topological polar surface area (TPSA) is 113 Å². The molecule has 2 aromatic heterocycles. The van der Waals surface area contributed by atoms with E-state index >= 15 is 8.78 Å². The number of ketones is 1. The van der Waals surface area contributed by atoms with Crippen LogP contribution in [0.15, 0.2) is 77.0 Å². The number of fused-ring (bicyclic) bond motifs is 3. The van der Waals surface area contributed by atoms with Gasteiger partial charge in [-0.1, -0.05) is 12.5 Å². The van der Waals surface area contributed by atoms with Crippen molar-refractivity contribution < 1.29 is 35.2 Å².